The summed E-state index contributed by atoms with van der Waals surface area (Å²) in [4.78, 5) is 7.20. The van der Waals surface area contributed by atoms with Gasteiger partial charge in [-0.3, -0.25) is 0 Å². The number of nitrogens with zero attached hydrogens (tertiary/aromatic N) is 2. The van der Waals surface area contributed by atoms with Gasteiger partial charge in [0, 0.05) is 18.1 Å². The molecular weight excluding hydrogens is 300 g/mol. The quantitative estimate of drug-likeness (QED) is 0.743. The first-order valence-corrected chi connectivity index (χ1v) is 7.45. The maximum atomic E-state index is 4.91. The molecular formula is C16H19BrN2. The van der Waals surface area contributed by atoms with Crippen LogP contribution in [0.25, 0.3) is 0 Å². The minimum absolute atomic E-state index is 0.00429. The van der Waals surface area contributed by atoms with Gasteiger partial charge in [-0.25, -0.2) is 4.99 Å². The second-order valence-corrected chi connectivity index (χ2v) is 7.02. The molecule has 2 nitrogen and oxygen atoms in total. The van der Waals surface area contributed by atoms with Gasteiger partial charge in [-0.15, -0.1) is 6.58 Å². The lowest BCUT2D eigenvalue weighted by Crippen LogP contribution is -2.45. The van der Waals surface area contributed by atoms with Gasteiger partial charge >= 0.3 is 0 Å². The van der Waals surface area contributed by atoms with Crippen LogP contribution in [-0.2, 0) is 5.41 Å². The summed E-state index contributed by atoms with van der Waals surface area (Å²) in [5.41, 5.74) is 2.43. The van der Waals surface area contributed by atoms with E-state index in [1.54, 1.807) is 0 Å². The Kier molecular flexibility index (Phi) is 2.69. The molecule has 0 bridgehead atoms. The monoisotopic (exact) mass is 318 g/mol. The molecule has 2 aliphatic heterocycles. The summed E-state index contributed by atoms with van der Waals surface area (Å²) in [5, 5.41) is 0. The first kappa shape index (κ1) is 12.9. The predicted molar refractivity (Wildman–Crippen MR) is 84.1 cm³/mol. The van der Waals surface area contributed by atoms with E-state index in [4.69, 9.17) is 4.99 Å². The highest BCUT2D eigenvalue weighted by molar-refractivity contribution is 9.10. The summed E-state index contributed by atoms with van der Waals surface area (Å²) >= 11 is 3.54. The molecule has 0 spiro atoms. The van der Waals surface area contributed by atoms with Crippen LogP contribution in [0.5, 0.6) is 0 Å². The van der Waals surface area contributed by atoms with Crippen LogP contribution in [0.4, 0.5) is 5.69 Å². The fraction of sp³-hybridized carbons (Fsp3) is 0.438. The third-order valence-corrected chi connectivity index (χ3v) is 5.31. The third kappa shape index (κ3) is 1.51. The van der Waals surface area contributed by atoms with E-state index in [0.717, 1.165) is 23.1 Å². The van der Waals surface area contributed by atoms with E-state index in [2.05, 4.69) is 72.6 Å². The van der Waals surface area contributed by atoms with E-state index < -0.39 is 0 Å². The standard InChI is InChI=1S/C16H19BrN2/c1-5-15(2,3)16-8-9-19(4)14(16)18-13-10-11(17)6-7-12(13)16/h5-7,10H,1,8-9H2,2-4H3/t16-/m1/s1. The molecule has 2 aliphatic rings. The number of hydrogen-bond donors (Lipinski definition) is 0. The summed E-state index contributed by atoms with van der Waals surface area (Å²) in [7, 11) is 2.14. The Morgan fingerprint density at radius 3 is 2.89 bits per heavy atom. The van der Waals surface area contributed by atoms with Crippen LogP contribution in [0.3, 0.4) is 0 Å². The molecule has 0 amide bonds. The number of amidine groups is 1. The van der Waals surface area contributed by atoms with Crippen molar-refractivity contribution in [2.24, 2.45) is 10.4 Å². The maximum Gasteiger partial charge on any atom is 0.116 e. The lowest BCUT2D eigenvalue weighted by atomic mass is 9.61. The minimum atomic E-state index is -0.0144. The summed E-state index contributed by atoms with van der Waals surface area (Å²) in [6.07, 6.45) is 3.19. The molecule has 1 aromatic rings. The predicted octanol–water partition coefficient (Wildman–Crippen LogP) is 4.28. The Balaban J connectivity index is 2.28. The zero-order valence-corrected chi connectivity index (χ0v) is 13.3. The molecule has 0 N–H and O–H groups in total. The number of rotatable bonds is 2. The Morgan fingerprint density at radius 2 is 2.21 bits per heavy atom. The van der Waals surface area contributed by atoms with Crippen LogP contribution in [0.15, 0.2) is 40.3 Å². The summed E-state index contributed by atoms with van der Waals surface area (Å²) in [6, 6.07) is 6.46. The van der Waals surface area contributed by atoms with Gasteiger partial charge in [-0.1, -0.05) is 41.9 Å². The van der Waals surface area contributed by atoms with Gasteiger partial charge in [0.25, 0.3) is 0 Å². The molecule has 1 atom stereocenters. The smallest absolute Gasteiger partial charge is 0.116 e. The molecule has 1 fully saturated rings. The van der Waals surface area contributed by atoms with Crippen molar-refractivity contribution >= 4 is 27.5 Å². The van der Waals surface area contributed by atoms with Crippen molar-refractivity contribution in [3.8, 4) is 0 Å². The molecule has 1 aromatic carbocycles. The molecule has 1 saturated heterocycles. The fourth-order valence-electron chi connectivity index (χ4n) is 3.52. The van der Waals surface area contributed by atoms with Gasteiger partial charge in [-0.2, -0.15) is 0 Å². The van der Waals surface area contributed by atoms with Crippen molar-refractivity contribution in [1.29, 1.82) is 0 Å². The second kappa shape index (κ2) is 3.95. The number of likely N-dealkylation sites (N-methyl/N-ethyl adjacent to an activating group) is 1. The SMILES string of the molecule is C=CC(C)(C)[C@@]12CCN(C)C1=Nc1cc(Br)ccc12. The molecule has 0 saturated carbocycles. The Bertz CT molecular complexity index is 588. The topological polar surface area (TPSA) is 15.6 Å². The Hall–Kier alpha value is -1.09. The summed E-state index contributed by atoms with van der Waals surface area (Å²) in [6.45, 7) is 9.67. The average Bonchev–Trinajstić information content (AvgIpc) is 2.86. The number of benzene rings is 1. The number of hydrogen-bond acceptors (Lipinski definition) is 2. The molecule has 3 heteroatoms. The van der Waals surface area contributed by atoms with Crippen molar-refractivity contribution < 1.29 is 0 Å². The second-order valence-electron chi connectivity index (χ2n) is 6.10. The van der Waals surface area contributed by atoms with Crippen molar-refractivity contribution in [2.45, 2.75) is 25.7 Å². The van der Waals surface area contributed by atoms with Gasteiger partial charge in [0.1, 0.15) is 5.84 Å². The Morgan fingerprint density at radius 1 is 1.47 bits per heavy atom. The van der Waals surface area contributed by atoms with Crippen LogP contribution in [0, 0.1) is 5.41 Å². The number of aliphatic imine (C=N–C) groups is 1. The fourth-order valence-corrected chi connectivity index (χ4v) is 3.87. The van der Waals surface area contributed by atoms with Crippen LogP contribution in [0.1, 0.15) is 25.8 Å². The first-order chi connectivity index (χ1) is 8.92. The number of halogens is 1. The lowest BCUT2D eigenvalue weighted by molar-refractivity contribution is 0.310. The van der Waals surface area contributed by atoms with Crippen molar-refractivity contribution in [3.05, 3.63) is 40.9 Å². The van der Waals surface area contributed by atoms with E-state index in [0.29, 0.717) is 0 Å². The van der Waals surface area contributed by atoms with E-state index in [1.165, 1.54) is 11.4 Å². The maximum absolute atomic E-state index is 4.91. The largest absolute Gasteiger partial charge is 0.362 e. The molecule has 0 aliphatic carbocycles. The normalized spacial score (nSPS) is 25.1. The highest BCUT2D eigenvalue weighted by Crippen LogP contribution is 2.56. The molecule has 0 radical (unpaired) electrons. The lowest BCUT2D eigenvalue weighted by Gasteiger charge is -2.40. The minimum Gasteiger partial charge on any atom is -0.362 e. The summed E-state index contributed by atoms with van der Waals surface area (Å²) in [5.74, 6) is 1.20. The van der Waals surface area contributed by atoms with E-state index in [9.17, 15) is 0 Å². The van der Waals surface area contributed by atoms with E-state index in [1.807, 2.05) is 0 Å². The summed E-state index contributed by atoms with van der Waals surface area (Å²) < 4.78 is 1.09. The van der Waals surface area contributed by atoms with Gasteiger partial charge in [0.15, 0.2) is 0 Å². The van der Waals surface area contributed by atoms with Crippen LogP contribution in [-0.4, -0.2) is 24.3 Å². The Labute approximate surface area is 123 Å². The van der Waals surface area contributed by atoms with Crippen LogP contribution >= 0.6 is 15.9 Å². The molecule has 0 aromatic heterocycles. The molecule has 3 rings (SSSR count). The number of fused-ring (bicyclic) bond motifs is 3. The van der Waals surface area contributed by atoms with Gasteiger partial charge in [0.05, 0.1) is 11.1 Å². The van der Waals surface area contributed by atoms with E-state index in [-0.39, 0.29) is 10.8 Å². The first-order valence-electron chi connectivity index (χ1n) is 6.66. The zero-order valence-electron chi connectivity index (χ0n) is 11.7. The molecule has 0 unspecified atom stereocenters. The highest BCUT2D eigenvalue weighted by Gasteiger charge is 2.56. The number of likely N-dealkylation sites (tertiary alicyclic amines) is 1. The van der Waals surface area contributed by atoms with Crippen molar-refractivity contribution in [2.75, 3.05) is 13.6 Å². The van der Waals surface area contributed by atoms with E-state index >= 15 is 0 Å². The number of allylic oxidation sites excluding steroid dienone is 1. The molecule has 2 heterocycles. The zero-order chi connectivity index (χ0) is 13.8. The van der Waals surface area contributed by atoms with Crippen molar-refractivity contribution in [1.82, 2.24) is 4.90 Å². The van der Waals surface area contributed by atoms with Gasteiger partial charge in [-0.05, 0) is 29.5 Å². The van der Waals surface area contributed by atoms with Crippen LogP contribution in [0.2, 0.25) is 0 Å². The highest BCUT2D eigenvalue weighted by atomic mass is 79.9. The molecule has 19 heavy (non-hydrogen) atoms. The van der Waals surface area contributed by atoms with Crippen molar-refractivity contribution in [3.63, 3.8) is 0 Å². The molecule has 100 valence electrons. The average molecular weight is 319 g/mol. The van der Waals surface area contributed by atoms with Crippen LogP contribution < -0.4 is 0 Å². The van der Waals surface area contributed by atoms with Gasteiger partial charge < -0.3 is 4.90 Å². The third-order valence-electron chi connectivity index (χ3n) is 4.82. The van der Waals surface area contributed by atoms with Gasteiger partial charge in [0.2, 0.25) is 0 Å².